The number of rotatable bonds is 6. The standard InChI is InChI=1S/C55H36N2S/c1-4-18-39(19-5-1)56(40-20-6-2-7-21-40)43-31-33-47-51(36-43)55(53-48-25-13-15-27-52(48)58-54(47)53)49-26-14-12-24-45(49)46-32-30-44(35-50(46)55)57(41-22-8-3-9-23-41)42-29-28-37-16-10-11-17-38(37)34-42/h1-36H. The molecule has 2 aliphatic carbocycles. The van der Waals surface area contributed by atoms with E-state index in [1.165, 1.54) is 64.7 Å². The molecule has 9 aromatic carbocycles. The number of para-hydroxylation sites is 3. The number of fused-ring (bicyclic) bond motifs is 13. The zero-order valence-corrected chi connectivity index (χ0v) is 32.4. The second kappa shape index (κ2) is 12.9. The number of nitrogens with zero attached hydrogens (tertiary/aromatic N) is 2. The van der Waals surface area contributed by atoms with Crippen LogP contribution in [-0.4, -0.2) is 0 Å². The van der Waals surface area contributed by atoms with E-state index in [9.17, 15) is 0 Å². The Bertz CT molecular complexity index is 3150. The minimum atomic E-state index is -0.549. The Morgan fingerprint density at radius 3 is 1.50 bits per heavy atom. The van der Waals surface area contributed by atoms with Crippen LogP contribution in [0.1, 0.15) is 22.3 Å². The third-order valence-corrected chi connectivity index (χ3v) is 13.4. The minimum Gasteiger partial charge on any atom is -0.310 e. The normalized spacial score (nSPS) is 14.6. The van der Waals surface area contributed by atoms with Gasteiger partial charge >= 0.3 is 0 Å². The average Bonchev–Trinajstić information content (AvgIpc) is 3.91. The van der Waals surface area contributed by atoms with Crippen LogP contribution < -0.4 is 9.80 Å². The van der Waals surface area contributed by atoms with Crippen molar-refractivity contribution >= 4 is 66.3 Å². The van der Waals surface area contributed by atoms with Crippen molar-refractivity contribution in [3.63, 3.8) is 0 Å². The molecule has 1 spiro atoms. The molecule has 1 heterocycles. The molecule has 0 saturated carbocycles. The van der Waals surface area contributed by atoms with Crippen LogP contribution in [0.2, 0.25) is 0 Å². The molecule has 58 heavy (non-hydrogen) atoms. The predicted molar refractivity (Wildman–Crippen MR) is 245 cm³/mol. The third kappa shape index (κ3) is 4.78. The lowest BCUT2D eigenvalue weighted by Crippen LogP contribution is -2.26. The summed E-state index contributed by atoms with van der Waals surface area (Å²) in [6, 6.07) is 80.4. The van der Waals surface area contributed by atoms with E-state index in [0.29, 0.717) is 0 Å². The molecule has 0 radical (unpaired) electrons. The van der Waals surface area contributed by atoms with Gasteiger partial charge in [0.2, 0.25) is 0 Å². The van der Waals surface area contributed by atoms with Crippen LogP contribution in [0, 0.1) is 0 Å². The Morgan fingerprint density at radius 1 is 0.328 bits per heavy atom. The number of hydrogen-bond acceptors (Lipinski definition) is 3. The molecule has 1 aromatic heterocycles. The highest BCUT2D eigenvalue weighted by molar-refractivity contribution is 7.22. The van der Waals surface area contributed by atoms with Crippen LogP contribution >= 0.6 is 11.3 Å². The van der Waals surface area contributed by atoms with E-state index >= 15 is 0 Å². The molecule has 0 saturated heterocycles. The maximum Gasteiger partial charge on any atom is 0.0741 e. The fraction of sp³-hybridized carbons (Fsp3) is 0.0182. The summed E-state index contributed by atoms with van der Waals surface area (Å²) in [5.41, 5.74) is 15.5. The summed E-state index contributed by atoms with van der Waals surface area (Å²) in [5.74, 6) is 0. The molecule has 0 bridgehead atoms. The number of anilines is 6. The molecule has 0 fully saturated rings. The summed E-state index contributed by atoms with van der Waals surface area (Å²) in [7, 11) is 0. The monoisotopic (exact) mass is 756 g/mol. The first kappa shape index (κ1) is 33.0. The largest absolute Gasteiger partial charge is 0.310 e. The van der Waals surface area contributed by atoms with Crippen molar-refractivity contribution < 1.29 is 0 Å². The van der Waals surface area contributed by atoms with Crippen molar-refractivity contribution in [2.75, 3.05) is 9.80 Å². The highest BCUT2D eigenvalue weighted by Crippen LogP contribution is 2.67. The Morgan fingerprint density at radius 2 is 0.810 bits per heavy atom. The van der Waals surface area contributed by atoms with Crippen molar-refractivity contribution in [1.29, 1.82) is 0 Å². The molecular formula is C55H36N2S. The molecule has 1 atom stereocenters. The lowest BCUT2D eigenvalue weighted by Gasteiger charge is -2.33. The summed E-state index contributed by atoms with van der Waals surface area (Å²) in [6.07, 6.45) is 0. The Labute approximate surface area is 342 Å². The van der Waals surface area contributed by atoms with Gasteiger partial charge in [0, 0.05) is 43.7 Å². The Balaban J connectivity index is 1.16. The van der Waals surface area contributed by atoms with E-state index in [4.69, 9.17) is 0 Å². The van der Waals surface area contributed by atoms with Crippen LogP contribution in [0.4, 0.5) is 34.1 Å². The van der Waals surface area contributed by atoms with Crippen LogP contribution in [0.5, 0.6) is 0 Å². The summed E-state index contributed by atoms with van der Waals surface area (Å²) in [4.78, 5) is 6.18. The van der Waals surface area contributed by atoms with Gasteiger partial charge in [0.05, 0.1) is 5.41 Å². The first-order valence-corrected chi connectivity index (χ1v) is 20.7. The maximum absolute atomic E-state index is 2.50. The summed E-state index contributed by atoms with van der Waals surface area (Å²) < 4.78 is 1.32. The average molecular weight is 757 g/mol. The van der Waals surface area contributed by atoms with Crippen LogP contribution in [0.25, 0.3) is 42.4 Å². The van der Waals surface area contributed by atoms with Gasteiger partial charge in [-0.1, -0.05) is 140 Å². The smallest absolute Gasteiger partial charge is 0.0741 e. The van der Waals surface area contributed by atoms with E-state index in [0.717, 1.165) is 34.1 Å². The van der Waals surface area contributed by atoms with Crippen LogP contribution in [0.15, 0.2) is 218 Å². The van der Waals surface area contributed by atoms with Crippen molar-refractivity contribution in [3.8, 4) is 21.6 Å². The van der Waals surface area contributed by atoms with E-state index in [-0.39, 0.29) is 0 Å². The van der Waals surface area contributed by atoms with Crippen molar-refractivity contribution in [2.45, 2.75) is 5.41 Å². The van der Waals surface area contributed by atoms with E-state index in [2.05, 4.69) is 228 Å². The lowest BCUT2D eigenvalue weighted by atomic mass is 9.70. The molecular weight excluding hydrogens is 721 g/mol. The third-order valence-electron chi connectivity index (χ3n) is 12.2. The summed E-state index contributed by atoms with van der Waals surface area (Å²) in [5, 5.41) is 3.78. The van der Waals surface area contributed by atoms with Gasteiger partial charge in [0.1, 0.15) is 0 Å². The van der Waals surface area contributed by atoms with Gasteiger partial charge in [-0.05, 0) is 134 Å². The highest BCUT2D eigenvalue weighted by atomic mass is 32.1. The molecule has 272 valence electrons. The number of thiophene rings is 1. The van der Waals surface area contributed by atoms with Gasteiger partial charge < -0.3 is 9.80 Å². The zero-order chi connectivity index (χ0) is 38.2. The fourth-order valence-corrected chi connectivity index (χ4v) is 11.1. The number of benzene rings is 9. The van der Waals surface area contributed by atoms with E-state index in [1.807, 2.05) is 11.3 Å². The SMILES string of the molecule is c1ccc(N(c2ccccc2)c2ccc3c(c2)C2(c4ccccc4-c4ccc(N(c5ccccc5)c5ccc6ccccc6c5)cc42)c2c-3sc3ccccc23)cc1. The zero-order valence-electron chi connectivity index (χ0n) is 31.6. The van der Waals surface area contributed by atoms with Gasteiger partial charge in [-0.15, -0.1) is 11.3 Å². The topological polar surface area (TPSA) is 6.48 Å². The number of hydrogen-bond donors (Lipinski definition) is 0. The highest BCUT2D eigenvalue weighted by Gasteiger charge is 2.54. The molecule has 12 rings (SSSR count). The quantitative estimate of drug-likeness (QED) is 0.167. The van der Waals surface area contributed by atoms with Crippen molar-refractivity contribution in [2.24, 2.45) is 0 Å². The second-order valence-corrected chi connectivity index (χ2v) is 16.3. The molecule has 0 N–H and O–H groups in total. The first-order valence-electron chi connectivity index (χ1n) is 19.9. The van der Waals surface area contributed by atoms with Crippen LogP contribution in [0.3, 0.4) is 0 Å². The van der Waals surface area contributed by atoms with Gasteiger partial charge in [-0.3, -0.25) is 0 Å². The first-order chi connectivity index (χ1) is 28.8. The predicted octanol–water partition coefficient (Wildman–Crippen LogP) is 15.3. The molecule has 2 nitrogen and oxygen atoms in total. The van der Waals surface area contributed by atoms with Gasteiger partial charge in [-0.2, -0.15) is 0 Å². The van der Waals surface area contributed by atoms with Gasteiger partial charge in [0.15, 0.2) is 0 Å². The van der Waals surface area contributed by atoms with E-state index < -0.39 is 5.41 Å². The molecule has 3 heteroatoms. The molecule has 0 amide bonds. The summed E-state index contributed by atoms with van der Waals surface area (Å²) in [6.45, 7) is 0. The maximum atomic E-state index is 2.50. The Hall–Kier alpha value is -7.20. The molecule has 1 unspecified atom stereocenters. The van der Waals surface area contributed by atoms with Crippen LogP contribution in [-0.2, 0) is 5.41 Å². The fourth-order valence-electron chi connectivity index (χ4n) is 9.83. The molecule has 10 aromatic rings. The lowest BCUT2D eigenvalue weighted by molar-refractivity contribution is 0.802. The minimum absolute atomic E-state index is 0.549. The van der Waals surface area contributed by atoms with Crippen molar-refractivity contribution in [3.05, 3.63) is 241 Å². The van der Waals surface area contributed by atoms with E-state index in [1.54, 1.807) is 0 Å². The molecule has 2 aliphatic rings. The summed E-state index contributed by atoms with van der Waals surface area (Å²) >= 11 is 1.93. The van der Waals surface area contributed by atoms with Crippen molar-refractivity contribution in [1.82, 2.24) is 0 Å². The van der Waals surface area contributed by atoms with Gasteiger partial charge in [0.25, 0.3) is 0 Å². The Kier molecular flexibility index (Phi) is 7.35. The second-order valence-electron chi connectivity index (χ2n) is 15.3. The molecule has 0 aliphatic heterocycles. The van der Waals surface area contributed by atoms with Gasteiger partial charge in [-0.25, -0.2) is 0 Å².